The molecule has 0 aliphatic rings. The summed E-state index contributed by atoms with van der Waals surface area (Å²) in [4.78, 5) is 17.2. The average molecular weight is 330 g/mol. The van der Waals surface area contributed by atoms with Crippen LogP contribution in [0, 0.1) is 0 Å². The molecule has 0 aromatic heterocycles. The van der Waals surface area contributed by atoms with Gasteiger partial charge in [-0.05, 0) is 17.2 Å². The van der Waals surface area contributed by atoms with Crippen molar-refractivity contribution in [3.63, 3.8) is 0 Å². The third kappa shape index (κ3) is 4.78. The molecule has 3 rings (SSSR count). The number of benzene rings is 3. The van der Waals surface area contributed by atoms with Gasteiger partial charge in [0.15, 0.2) is 6.61 Å². The first-order valence-corrected chi connectivity index (χ1v) is 7.97. The highest BCUT2D eigenvalue weighted by atomic mass is 16.6. The van der Waals surface area contributed by atoms with Crippen molar-refractivity contribution in [2.45, 2.75) is 0 Å². The van der Waals surface area contributed by atoms with Crippen molar-refractivity contribution in [3.8, 4) is 11.1 Å². The van der Waals surface area contributed by atoms with Crippen molar-refractivity contribution in [2.75, 3.05) is 11.9 Å². The predicted molar refractivity (Wildman–Crippen MR) is 100 cm³/mol. The van der Waals surface area contributed by atoms with E-state index in [0.29, 0.717) is 0 Å². The van der Waals surface area contributed by atoms with E-state index in [0.717, 1.165) is 22.4 Å². The molecule has 124 valence electrons. The van der Waals surface area contributed by atoms with Crippen LogP contribution < -0.4 is 5.32 Å². The fraction of sp³-hybridized carbons (Fsp3) is 0.0476. The van der Waals surface area contributed by atoms with E-state index in [1.165, 1.54) is 0 Å². The van der Waals surface area contributed by atoms with E-state index >= 15 is 0 Å². The van der Waals surface area contributed by atoms with Crippen LogP contribution in [0.5, 0.6) is 0 Å². The first-order valence-electron chi connectivity index (χ1n) is 7.97. The SMILES string of the molecule is O=C(CO/N=C\c1ccccc1)Nc1ccccc1-c1ccccc1. The van der Waals surface area contributed by atoms with Crippen molar-refractivity contribution < 1.29 is 9.63 Å². The second-order valence-corrected chi connectivity index (χ2v) is 5.38. The third-order valence-electron chi connectivity index (χ3n) is 3.56. The number of hydrogen-bond acceptors (Lipinski definition) is 3. The number of para-hydroxylation sites is 1. The van der Waals surface area contributed by atoms with Gasteiger partial charge in [-0.1, -0.05) is 84.0 Å². The molecular formula is C21H18N2O2. The Hall–Kier alpha value is -3.40. The molecule has 0 aliphatic carbocycles. The summed E-state index contributed by atoms with van der Waals surface area (Å²) in [5.41, 5.74) is 3.66. The largest absolute Gasteiger partial charge is 0.386 e. The number of carbonyl (C=O) groups is 1. The van der Waals surface area contributed by atoms with Gasteiger partial charge in [-0.2, -0.15) is 0 Å². The monoisotopic (exact) mass is 330 g/mol. The number of oxime groups is 1. The van der Waals surface area contributed by atoms with E-state index in [1.54, 1.807) is 6.21 Å². The Balaban J connectivity index is 1.59. The molecule has 0 heterocycles. The average Bonchev–Trinajstić information content (AvgIpc) is 2.67. The lowest BCUT2D eigenvalue weighted by Gasteiger charge is -2.10. The zero-order valence-electron chi connectivity index (χ0n) is 13.6. The summed E-state index contributed by atoms with van der Waals surface area (Å²) >= 11 is 0. The van der Waals surface area contributed by atoms with Gasteiger partial charge in [-0.25, -0.2) is 0 Å². The molecule has 0 aliphatic heterocycles. The molecule has 4 nitrogen and oxygen atoms in total. The Morgan fingerprint density at radius 1 is 0.880 bits per heavy atom. The van der Waals surface area contributed by atoms with Gasteiger partial charge in [0.05, 0.1) is 6.21 Å². The van der Waals surface area contributed by atoms with Gasteiger partial charge in [-0.15, -0.1) is 0 Å². The van der Waals surface area contributed by atoms with Crippen LogP contribution in [0.1, 0.15) is 5.56 Å². The number of anilines is 1. The number of nitrogens with zero attached hydrogens (tertiary/aromatic N) is 1. The Bertz CT molecular complexity index is 846. The highest BCUT2D eigenvalue weighted by molar-refractivity contribution is 5.96. The van der Waals surface area contributed by atoms with Gasteiger partial charge in [0.1, 0.15) is 0 Å². The third-order valence-corrected chi connectivity index (χ3v) is 3.56. The lowest BCUT2D eigenvalue weighted by atomic mass is 10.0. The summed E-state index contributed by atoms with van der Waals surface area (Å²) in [5.74, 6) is -0.256. The summed E-state index contributed by atoms with van der Waals surface area (Å²) in [5, 5.41) is 6.69. The predicted octanol–water partition coefficient (Wildman–Crippen LogP) is 4.34. The number of carbonyl (C=O) groups excluding carboxylic acids is 1. The number of nitrogens with one attached hydrogen (secondary N) is 1. The quantitative estimate of drug-likeness (QED) is 0.540. The van der Waals surface area contributed by atoms with Gasteiger partial charge in [0, 0.05) is 11.3 Å². The molecule has 0 saturated carbocycles. The topological polar surface area (TPSA) is 50.7 Å². The molecule has 4 heteroatoms. The van der Waals surface area contributed by atoms with Crippen LogP contribution in [0.4, 0.5) is 5.69 Å². The second kappa shape index (κ2) is 8.45. The standard InChI is InChI=1S/C21H18N2O2/c24-21(16-25-22-15-17-9-3-1-4-10-17)23-20-14-8-7-13-19(20)18-11-5-2-6-12-18/h1-15H,16H2,(H,23,24)/b22-15-. The van der Waals surface area contributed by atoms with E-state index in [9.17, 15) is 4.79 Å². The Morgan fingerprint density at radius 3 is 2.28 bits per heavy atom. The van der Waals surface area contributed by atoms with E-state index < -0.39 is 0 Å². The zero-order valence-corrected chi connectivity index (χ0v) is 13.6. The first kappa shape index (κ1) is 16.5. The normalized spacial score (nSPS) is 10.6. The Morgan fingerprint density at radius 2 is 1.52 bits per heavy atom. The molecule has 1 amide bonds. The summed E-state index contributed by atoms with van der Waals surface area (Å²) in [6, 6.07) is 27.1. The van der Waals surface area contributed by atoms with Gasteiger partial charge in [-0.3, -0.25) is 4.79 Å². The van der Waals surface area contributed by atoms with Crippen molar-refractivity contribution in [3.05, 3.63) is 90.5 Å². The summed E-state index contributed by atoms with van der Waals surface area (Å²) in [6.45, 7) is -0.146. The molecule has 3 aromatic rings. The van der Waals surface area contributed by atoms with Crippen LogP contribution in [-0.4, -0.2) is 18.7 Å². The smallest absolute Gasteiger partial charge is 0.265 e. The van der Waals surface area contributed by atoms with E-state index in [4.69, 9.17) is 4.84 Å². The highest BCUT2D eigenvalue weighted by Gasteiger charge is 2.08. The van der Waals surface area contributed by atoms with Crippen LogP contribution in [-0.2, 0) is 9.63 Å². The Labute approximate surface area is 146 Å². The molecular weight excluding hydrogens is 312 g/mol. The zero-order chi connectivity index (χ0) is 17.3. The van der Waals surface area contributed by atoms with Crippen molar-refractivity contribution in [1.82, 2.24) is 0 Å². The fourth-order valence-electron chi connectivity index (χ4n) is 2.38. The first-order chi connectivity index (χ1) is 12.3. The lowest BCUT2D eigenvalue weighted by Crippen LogP contribution is -2.17. The molecule has 0 radical (unpaired) electrons. The maximum atomic E-state index is 12.1. The van der Waals surface area contributed by atoms with Gasteiger partial charge in [0.25, 0.3) is 5.91 Å². The lowest BCUT2D eigenvalue weighted by molar-refractivity contribution is -0.120. The molecule has 0 atom stereocenters. The molecule has 3 aromatic carbocycles. The van der Waals surface area contributed by atoms with Gasteiger partial charge >= 0.3 is 0 Å². The van der Waals surface area contributed by atoms with Crippen LogP contribution in [0.25, 0.3) is 11.1 Å². The number of hydrogen-bond donors (Lipinski definition) is 1. The van der Waals surface area contributed by atoms with Crippen LogP contribution in [0.15, 0.2) is 90.1 Å². The minimum atomic E-state index is -0.256. The molecule has 1 N–H and O–H groups in total. The molecule has 0 spiro atoms. The minimum Gasteiger partial charge on any atom is -0.386 e. The van der Waals surface area contributed by atoms with Crippen molar-refractivity contribution in [1.29, 1.82) is 0 Å². The molecule has 0 saturated heterocycles. The number of amides is 1. The van der Waals surface area contributed by atoms with Gasteiger partial charge < -0.3 is 10.2 Å². The molecule has 25 heavy (non-hydrogen) atoms. The minimum absolute atomic E-state index is 0.146. The summed E-state index contributed by atoms with van der Waals surface area (Å²) in [6.07, 6.45) is 1.57. The second-order valence-electron chi connectivity index (χ2n) is 5.38. The van der Waals surface area contributed by atoms with Gasteiger partial charge in [0.2, 0.25) is 0 Å². The van der Waals surface area contributed by atoms with Crippen LogP contribution >= 0.6 is 0 Å². The molecule has 0 unspecified atom stereocenters. The maximum absolute atomic E-state index is 12.1. The fourth-order valence-corrected chi connectivity index (χ4v) is 2.38. The Kier molecular flexibility index (Phi) is 5.56. The van der Waals surface area contributed by atoms with Crippen molar-refractivity contribution in [2.24, 2.45) is 5.16 Å². The maximum Gasteiger partial charge on any atom is 0.265 e. The van der Waals surface area contributed by atoms with Crippen LogP contribution in [0.2, 0.25) is 0 Å². The molecule has 0 fully saturated rings. The van der Waals surface area contributed by atoms with Crippen molar-refractivity contribution >= 4 is 17.8 Å². The van der Waals surface area contributed by atoms with E-state index in [2.05, 4.69) is 10.5 Å². The summed E-state index contributed by atoms with van der Waals surface area (Å²) in [7, 11) is 0. The van der Waals surface area contributed by atoms with Crippen LogP contribution in [0.3, 0.4) is 0 Å². The van der Waals surface area contributed by atoms with E-state index in [-0.39, 0.29) is 12.5 Å². The molecule has 0 bridgehead atoms. The number of rotatable bonds is 6. The summed E-state index contributed by atoms with van der Waals surface area (Å²) < 4.78 is 0. The highest BCUT2D eigenvalue weighted by Crippen LogP contribution is 2.27. The van der Waals surface area contributed by atoms with E-state index in [1.807, 2.05) is 84.9 Å².